The van der Waals surface area contributed by atoms with Crippen LogP contribution < -0.4 is 4.90 Å². The molecule has 0 spiro atoms. The van der Waals surface area contributed by atoms with Crippen LogP contribution in [0.1, 0.15) is 0 Å². The minimum Gasteiger partial charge on any atom is -0.456 e. The molecule has 2 heterocycles. The first-order valence-corrected chi connectivity index (χ1v) is 17.4. The Morgan fingerprint density at radius 2 is 1.04 bits per heavy atom. The number of anilines is 3. The third-order valence-electron chi connectivity index (χ3n) is 9.66. The van der Waals surface area contributed by atoms with Gasteiger partial charge in [-0.25, -0.2) is 0 Å². The van der Waals surface area contributed by atoms with Crippen molar-refractivity contribution < 1.29 is 4.42 Å². The van der Waals surface area contributed by atoms with E-state index < -0.39 is 0 Å². The standard InChI is InChI=1S/C46H29NOS/c1-2-14-36-30(10-1)11-8-17-37(36)32-12-7-13-34(28-32)47(35-26-27-44-42(29-35)39-15-3-5-20-43(39)48-44)33-24-22-31(23-25-33)38-18-9-19-41-40-16-4-6-21-45(40)49-46(38)41/h1-29H. The Kier molecular flexibility index (Phi) is 6.39. The van der Waals surface area contributed by atoms with Gasteiger partial charge in [-0.15, -0.1) is 11.3 Å². The topological polar surface area (TPSA) is 16.4 Å². The summed E-state index contributed by atoms with van der Waals surface area (Å²) in [5.74, 6) is 0. The third-order valence-corrected chi connectivity index (χ3v) is 10.9. The molecule has 0 unspecified atom stereocenters. The average molecular weight is 644 g/mol. The normalized spacial score (nSPS) is 11.7. The lowest BCUT2D eigenvalue weighted by atomic mass is 9.97. The quantitative estimate of drug-likeness (QED) is 0.186. The van der Waals surface area contributed by atoms with Crippen molar-refractivity contribution in [1.29, 1.82) is 0 Å². The summed E-state index contributed by atoms with van der Waals surface area (Å²) in [6.07, 6.45) is 0. The predicted molar refractivity (Wildman–Crippen MR) is 210 cm³/mol. The molecule has 0 saturated carbocycles. The fourth-order valence-corrected chi connectivity index (χ4v) is 8.59. The van der Waals surface area contributed by atoms with Crippen molar-refractivity contribution in [3.8, 4) is 22.3 Å². The molecule has 10 rings (SSSR count). The van der Waals surface area contributed by atoms with Crippen LogP contribution in [0.15, 0.2) is 180 Å². The Morgan fingerprint density at radius 1 is 0.388 bits per heavy atom. The van der Waals surface area contributed by atoms with Crippen molar-refractivity contribution in [2.24, 2.45) is 0 Å². The molecule has 0 saturated heterocycles. The predicted octanol–water partition coefficient (Wildman–Crippen LogP) is 13.9. The lowest BCUT2D eigenvalue weighted by Crippen LogP contribution is -2.10. The molecule has 0 bridgehead atoms. The van der Waals surface area contributed by atoms with Crippen LogP contribution in [0.2, 0.25) is 0 Å². The number of fused-ring (bicyclic) bond motifs is 7. The average Bonchev–Trinajstić information content (AvgIpc) is 3.74. The maximum atomic E-state index is 6.22. The van der Waals surface area contributed by atoms with Gasteiger partial charge in [0.2, 0.25) is 0 Å². The van der Waals surface area contributed by atoms with Crippen molar-refractivity contribution in [2.75, 3.05) is 4.90 Å². The van der Waals surface area contributed by atoms with E-state index in [0.717, 1.165) is 39.0 Å². The van der Waals surface area contributed by atoms with Crippen molar-refractivity contribution >= 4 is 81.3 Å². The Morgan fingerprint density at radius 3 is 1.96 bits per heavy atom. The zero-order chi connectivity index (χ0) is 32.3. The molecule has 0 amide bonds. The summed E-state index contributed by atoms with van der Waals surface area (Å²) in [5.41, 5.74) is 9.94. The van der Waals surface area contributed by atoms with Crippen molar-refractivity contribution in [1.82, 2.24) is 0 Å². The van der Waals surface area contributed by atoms with Gasteiger partial charge in [-0.05, 0) is 87.6 Å². The summed E-state index contributed by atoms with van der Waals surface area (Å²) in [5, 5.41) is 7.35. The highest BCUT2D eigenvalue weighted by molar-refractivity contribution is 7.26. The first-order chi connectivity index (χ1) is 24.3. The monoisotopic (exact) mass is 643 g/mol. The molecular weight excluding hydrogens is 615 g/mol. The first kappa shape index (κ1) is 27.9. The van der Waals surface area contributed by atoms with Crippen LogP contribution in [-0.4, -0.2) is 0 Å². The number of nitrogens with zero attached hydrogens (tertiary/aromatic N) is 1. The molecule has 2 aromatic heterocycles. The highest BCUT2D eigenvalue weighted by atomic mass is 32.1. The maximum Gasteiger partial charge on any atom is 0.135 e. The summed E-state index contributed by atoms with van der Waals surface area (Å²) >= 11 is 1.87. The van der Waals surface area contributed by atoms with Crippen LogP contribution in [0.4, 0.5) is 17.1 Å². The lowest BCUT2D eigenvalue weighted by molar-refractivity contribution is 0.669. The summed E-state index contributed by atoms with van der Waals surface area (Å²) in [7, 11) is 0. The molecule has 0 N–H and O–H groups in total. The number of thiophene rings is 1. The van der Waals surface area contributed by atoms with E-state index >= 15 is 0 Å². The van der Waals surface area contributed by atoms with Crippen molar-refractivity contribution in [3.05, 3.63) is 176 Å². The fraction of sp³-hybridized carbons (Fsp3) is 0. The van der Waals surface area contributed by atoms with Crippen LogP contribution in [0.3, 0.4) is 0 Å². The van der Waals surface area contributed by atoms with E-state index in [1.54, 1.807) is 0 Å². The lowest BCUT2D eigenvalue weighted by Gasteiger charge is -2.26. The van der Waals surface area contributed by atoms with Gasteiger partial charge in [0.05, 0.1) is 0 Å². The molecule has 0 radical (unpaired) electrons. The summed E-state index contributed by atoms with van der Waals surface area (Å²) in [6, 6.07) is 63.3. The van der Waals surface area contributed by atoms with Crippen LogP contribution in [-0.2, 0) is 0 Å². The van der Waals surface area contributed by atoms with Gasteiger partial charge in [-0.1, -0.05) is 121 Å². The number of furan rings is 1. The smallest absolute Gasteiger partial charge is 0.135 e. The van der Waals surface area contributed by atoms with Gasteiger partial charge in [0, 0.05) is 48.0 Å². The minimum atomic E-state index is 0.890. The van der Waals surface area contributed by atoms with E-state index in [-0.39, 0.29) is 0 Å². The largest absolute Gasteiger partial charge is 0.456 e. The molecule has 230 valence electrons. The Bertz CT molecular complexity index is 2840. The van der Waals surface area contributed by atoms with Gasteiger partial charge in [-0.2, -0.15) is 0 Å². The van der Waals surface area contributed by atoms with Crippen LogP contribution in [0.25, 0.3) is 75.1 Å². The van der Waals surface area contributed by atoms with Crippen LogP contribution >= 0.6 is 11.3 Å². The Labute approximate surface area is 287 Å². The number of para-hydroxylation sites is 1. The van der Waals surface area contributed by atoms with Crippen LogP contribution in [0.5, 0.6) is 0 Å². The Balaban J connectivity index is 1.14. The van der Waals surface area contributed by atoms with Crippen molar-refractivity contribution in [3.63, 3.8) is 0 Å². The van der Waals surface area contributed by atoms with Gasteiger partial charge in [-0.3, -0.25) is 0 Å². The number of rotatable bonds is 5. The molecule has 0 aliphatic carbocycles. The Hall–Kier alpha value is -6.16. The third kappa shape index (κ3) is 4.62. The van der Waals surface area contributed by atoms with E-state index in [0.29, 0.717) is 0 Å². The number of benzene rings is 8. The molecule has 0 aliphatic rings. The number of hydrogen-bond acceptors (Lipinski definition) is 3. The first-order valence-electron chi connectivity index (χ1n) is 16.6. The maximum absolute atomic E-state index is 6.22. The summed E-state index contributed by atoms with van der Waals surface area (Å²) in [4.78, 5) is 2.36. The van der Waals surface area contributed by atoms with E-state index in [1.807, 2.05) is 23.5 Å². The second-order valence-electron chi connectivity index (χ2n) is 12.5. The molecule has 0 fully saturated rings. The molecule has 10 aromatic rings. The summed E-state index contributed by atoms with van der Waals surface area (Å²) in [6.45, 7) is 0. The van der Waals surface area contributed by atoms with Gasteiger partial charge in [0.15, 0.2) is 0 Å². The SMILES string of the molecule is c1cc(-c2cccc3ccccc23)cc(N(c2ccc(-c3cccc4c3sc3ccccc34)cc2)c2ccc3oc4ccccc4c3c2)c1. The van der Waals surface area contributed by atoms with Gasteiger partial charge in [0.25, 0.3) is 0 Å². The van der Waals surface area contributed by atoms with Gasteiger partial charge >= 0.3 is 0 Å². The summed E-state index contributed by atoms with van der Waals surface area (Å²) < 4.78 is 8.87. The highest BCUT2D eigenvalue weighted by Gasteiger charge is 2.18. The van der Waals surface area contributed by atoms with Crippen LogP contribution in [0, 0.1) is 0 Å². The second kappa shape index (κ2) is 11.2. The molecule has 2 nitrogen and oxygen atoms in total. The van der Waals surface area contributed by atoms with Gasteiger partial charge in [0.1, 0.15) is 11.2 Å². The fourth-order valence-electron chi connectivity index (χ4n) is 7.35. The zero-order valence-corrected chi connectivity index (χ0v) is 27.3. The number of hydrogen-bond donors (Lipinski definition) is 0. The van der Waals surface area contributed by atoms with E-state index in [9.17, 15) is 0 Å². The van der Waals surface area contributed by atoms with E-state index in [4.69, 9.17) is 4.42 Å². The van der Waals surface area contributed by atoms with Gasteiger partial charge < -0.3 is 9.32 Å². The van der Waals surface area contributed by atoms with Crippen molar-refractivity contribution in [2.45, 2.75) is 0 Å². The molecule has 0 atom stereocenters. The van der Waals surface area contributed by atoms with E-state index in [1.165, 1.54) is 53.2 Å². The zero-order valence-electron chi connectivity index (χ0n) is 26.5. The highest BCUT2D eigenvalue weighted by Crippen LogP contribution is 2.43. The van der Waals surface area contributed by atoms with E-state index in [2.05, 4.69) is 169 Å². The molecule has 49 heavy (non-hydrogen) atoms. The molecule has 0 aliphatic heterocycles. The minimum absolute atomic E-state index is 0.890. The molecule has 8 aromatic carbocycles. The second-order valence-corrected chi connectivity index (χ2v) is 13.6. The molecule has 3 heteroatoms. The molecular formula is C46H29NOS.